The van der Waals surface area contributed by atoms with E-state index in [0.717, 1.165) is 57.3 Å². The molecule has 35 heavy (non-hydrogen) atoms. The van der Waals surface area contributed by atoms with Crippen molar-refractivity contribution in [3.05, 3.63) is 63.9 Å². The van der Waals surface area contributed by atoms with E-state index in [9.17, 15) is 9.59 Å². The van der Waals surface area contributed by atoms with Crippen molar-refractivity contribution in [1.82, 2.24) is 14.8 Å². The fraction of sp³-hybridized carbons (Fsp3) is 0.552. The van der Waals surface area contributed by atoms with Crippen molar-refractivity contribution in [3.8, 4) is 0 Å². The number of carbonyl (C=O) groups is 2. The van der Waals surface area contributed by atoms with Gasteiger partial charge in [0, 0.05) is 42.6 Å². The highest BCUT2D eigenvalue weighted by Crippen LogP contribution is 2.34. The topological polar surface area (TPSA) is 53.5 Å². The molecule has 3 heterocycles. The van der Waals surface area contributed by atoms with Crippen molar-refractivity contribution in [1.29, 1.82) is 0 Å². The molecule has 5 nitrogen and oxygen atoms in total. The van der Waals surface area contributed by atoms with Crippen molar-refractivity contribution in [2.45, 2.75) is 64.3 Å². The van der Waals surface area contributed by atoms with Crippen LogP contribution in [0.3, 0.4) is 0 Å². The molecule has 1 aromatic carbocycles. The van der Waals surface area contributed by atoms with Gasteiger partial charge in [-0.05, 0) is 87.5 Å². The first-order chi connectivity index (χ1) is 17.0. The average molecular weight is 494 g/mol. The minimum Gasteiger partial charge on any atom is -0.342 e. The van der Waals surface area contributed by atoms with Crippen molar-refractivity contribution >= 4 is 23.3 Å². The Bertz CT molecular complexity index is 1080. The predicted octanol–water partition coefficient (Wildman–Crippen LogP) is 5.05. The van der Waals surface area contributed by atoms with Gasteiger partial charge in [0.15, 0.2) is 5.78 Å². The van der Waals surface area contributed by atoms with Gasteiger partial charge >= 0.3 is 0 Å². The number of fused-ring (bicyclic) bond motifs is 1. The number of piperidine rings is 1. The summed E-state index contributed by atoms with van der Waals surface area (Å²) in [5.74, 6) is 0.871. The number of nitrogens with zero attached hydrogens (tertiary/aromatic N) is 3. The summed E-state index contributed by atoms with van der Waals surface area (Å²) in [6.07, 6.45) is 8.73. The number of hydrogen-bond acceptors (Lipinski definition) is 4. The van der Waals surface area contributed by atoms with Crippen LogP contribution in [-0.4, -0.2) is 52.7 Å². The maximum absolute atomic E-state index is 13.3. The molecule has 1 amide bonds. The molecule has 0 bridgehead atoms. The maximum Gasteiger partial charge on any atom is 0.227 e. The molecule has 2 fully saturated rings. The standard InChI is InChI=1S/C29H36ClN3O2/c1-20(34)28(25-7-3-4-8-26(25)30)33-17-14-23(19-33)29(35)32-15-12-21(13-16-32)18-24-11-10-22-6-2-5-9-27(22)31-24/h3-4,7-8,10-11,21,23,28H,2,5-6,9,12-19H2,1H3/t23-,28-/m1/s1. The number of pyridine rings is 1. The second kappa shape index (κ2) is 10.8. The molecule has 5 rings (SSSR count). The molecule has 2 aliphatic heterocycles. The van der Waals surface area contributed by atoms with Crippen LogP contribution >= 0.6 is 11.6 Å². The summed E-state index contributed by atoms with van der Waals surface area (Å²) in [5.41, 5.74) is 4.81. The van der Waals surface area contributed by atoms with Crippen molar-refractivity contribution < 1.29 is 9.59 Å². The second-order valence-corrected chi connectivity index (χ2v) is 11.0. The highest BCUT2D eigenvalue weighted by molar-refractivity contribution is 6.31. The van der Waals surface area contributed by atoms with E-state index in [1.54, 1.807) is 6.92 Å². The molecule has 0 unspecified atom stereocenters. The summed E-state index contributed by atoms with van der Waals surface area (Å²) < 4.78 is 0. The van der Waals surface area contributed by atoms with E-state index >= 15 is 0 Å². The number of Topliss-reactive ketones (excluding diaryl/α,β-unsaturated/α-hetero) is 1. The van der Waals surface area contributed by atoms with E-state index in [4.69, 9.17) is 16.6 Å². The Morgan fingerprint density at radius 1 is 1.03 bits per heavy atom. The van der Waals surface area contributed by atoms with Gasteiger partial charge in [-0.3, -0.25) is 19.5 Å². The Kier molecular flexibility index (Phi) is 7.54. The SMILES string of the molecule is CC(=O)[C@H](c1ccccc1Cl)N1CC[C@@H](C(=O)N2CCC(Cc3ccc4c(n3)CCCC4)CC2)C1. The van der Waals surface area contributed by atoms with Gasteiger partial charge in [-0.25, -0.2) is 0 Å². The van der Waals surface area contributed by atoms with Gasteiger partial charge < -0.3 is 4.90 Å². The van der Waals surface area contributed by atoms with Gasteiger partial charge in [-0.1, -0.05) is 35.9 Å². The van der Waals surface area contributed by atoms with Gasteiger partial charge in [0.2, 0.25) is 5.91 Å². The van der Waals surface area contributed by atoms with Crippen LogP contribution in [-0.2, 0) is 28.9 Å². The summed E-state index contributed by atoms with van der Waals surface area (Å²) in [6.45, 7) is 4.63. The summed E-state index contributed by atoms with van der Waals surface area (Å²) in [6, 6.07) is 11.7. The Morgan fingerprint density at radius 3 is 2.57 bits per heavy atom. The number of aromatic nitrogens is 1. The van der Waals surface area contributed by atoms with Crippen LogP contribution in [0.4, 0.5) is 0 Å². The van der Waals surface area contributed by atoms with E-state index in [2.05, 4.69) is 21.9 Å². The summed E-state index contributed by atoms with van der Waals surface area (Å²) in [5, 5.41) is 0.609. The summed E-state index contributed by atoms with van der Waals surface area (Å²) in [4.78, 5) is 35.0. The van der Waals surface area contributed by atoms with Gasteiger partial charge in [-0.2, -0.15) is 0 Å². The minimum atomic E-state index is -0.378. The van der Waals surface area contributed by atoms with Gasteiger partial charge in [-0.15, -0.1) is 0 Å². The van der Waals surface area contributed by atoms with Gasteiger partial charge in [0.05, 0.1) is 12.0 Å². The van der Waals surface area contributed by atoms with Crippen LogP contribution in [0.15, 0.2) is 36.4 Å². The number of ketones is 1. The zero-order valence-corrected chi connectivity index (χ0v) is 21.5. The summed E-state index contributed by atoms with van der Waals surface area (Å²) >= 11 is 6.41. The predicted molar refractivity (Wildman–Crippen MR) is 138 cm³/mol. The van der Waals surface area contributed by atoms with Crippen LogP contribution in [0.1, 0.15) is 67.6 Å². The first kappa shape index (κ1) is 24.5. The van der Waals surface area contributed by atoms with E-state index in [1.165, 1.54) is 36.2 Å². The van der Waals surface area contributed by atoms with Crippen molar-refractivity contribution in [3.63, 3.8) is 0 Å². The zero-order valence-electron chi connectivity index (χ0n) is 20.7. The first-order valence-electron chi connectivity index (χ1n) is 13.2. The first-order valence-corrected chi connectivity index (χ1v) is 13.6. The average Bonchev–Trinajstić information content (AvgIpc) is 3.35. The lowest BCUT2D eigenvalue weighted by atomic mass is 9.90. The Balaban J connectivity index is 1.15. The molecule has 0 radical (unpaired) electrons. The fourth-order valence-corrected chi connectivity index (χ4v) is 6.48. The molecule has 2 saturated heterocycles. The van der Waals surface area contributed by atoms with Crippen LogP contribution in [0.25, 0.3) is 0 Å². The van der Waals surface area contributed by atoms with Crippen LogP contribution < -0.4 is 0 Å². The number of halogens is 1. The number of amides is 1. The van der Waals surface area contributed by atoms with Crippen molar-refractivity contribution in [2.24, 2.45) is 11.8 Å². The molecule has 0 saturated carbocycles. The molecule has 0 N–H and O–H groups in total. The monoisotopic (exact) mass is 493 g/mol. The Labute approximate surface area is 213 Å². The van der Waals surface area contributed by atoms with Gasteiger partial charge in [0.25, 0.3) is 0 Å². The number of hydrogen-bond donors (Lipinski definition) is 0. The fourth-order valence-electron chi connectivity index (χ4n) is 6.25. The quantitative estimate of drug-likeness (QED) is 0.565. The maximum atomic E-state index is 13.3. The van der Waals surface area contributed by atoms with Gasteiger partial charge in [0.1, 0.15) is 0 Å². The highest BCUT2D eigenvalue weighted by Gasteiger charge is 2.38. The Hall–Kier alpha value is -2.24. The third-order valence-corrected chi connectivity index (χ3v) is 8.52. The van der Waals surface area contributed by atoms with Crippen molar-refractivity contribution in [2.75, 3.05) is 26.2 Å². The van der Waals surface area contributed by atoms with E-state index < -0.39 is 0 Å². The number of carbonyl (C=O) groups excluding carboxylic acids is 2. The number of benzene rings is 1. The molecule has 3 aliphatic rings. The smallest absolute Gasteiger partial charge is 0.227 e. The molecule has 6 heteroatoms. The highest BCUT2D eigenvalue weighted by atomic mass is 35.5. The van der Waals surface area contributed by atoms with E-state index in [-0.39, 0.29) is 23.7 Å². The van der Waals surface area contributed by atoms with Crippen LogP contribution in [0.5, 0.6) is 0 Å². The molecule has 186 valence electrons. The van der Waals surface area contributed by atoms with E-state index in [0.29, 0.717) is 17.5 Å². The van der Waals surface area contributed by atoms with Crippen LogP contribution in [0.2, 0.25) is 5.02 Å². The van der Waals surface area contributed by atoms with Crippen LogP contribution in [0, 0.1) is 11.8 Å². The molecule has 2 atom stereocenters. The van der Waals surface area contributed by atoms with E-state index in [1.807, 2.05) is 24.3 Å². The third-order valence-electron chi connectivity index (χ3n) is 8.18. The minimum absolute atomic E-state index is 0.0433. The third kappa shape index (κ3) is 5.46. The lowest BCUT2D eigenvalue weighted by Crippen LogP contribution is -2.43. The number of likely N-dealkylation sites (tertiary alicyclic amines) is 2. The number of aryl methyl sites for hydroxylation is 2. The molecular formula is C29H36ClN3O2. The largest absolute Gasteiger partial charge is 0.342 e. The Morgan fingerprint density at radius 2 is 1.80 bits per heavy atom. The molecule has 2 aromatic rings. The normalized spacial score (nSPS) is 22.1. The lowest BCUT2D eigenvalue weighted by molar-refractivity contribution is -0.137. The molecule has 1 aliphatic carbocycles. The summed E-state index contributed by atoms with van der Waals surface area (Å²) in [7, 11) is 0. The number of rotatable bonds is 6. The zero-order chi connectivity index (χ0) is 24.4. The molecular weight excluding hydrogens is 458 g/mol. The second-order valence-electron chi connectivity index (χ2n) is 10.6. The lowest BCUT2D eigenvalue weighted by Gasteiger charge is -2.34. The molecule has 1 aromatic heterocycles. The molecule has 0 spiro atoms.